The van der Waals surface area contributed by atoms with Crippen molar-refractivity contribution in [2.24, 2.45) is 23.7 Å². The highest BCUT2D eigenvalue weighted by Gasteiger charge is 2.30. The third kappa shape index (κ3) is 67.0. The van der Waals surface area contributed by atoms with Gasteiger partial charge in [0.2, 0.25) is 0 Å². The fourth-order valence-electron chi connectivity index (χ4n) is 11.2. The molecule has 19 heteroatoms. The lowest BCUT2D eigenvalue weighted by Crippen LogP contribution is -2.30. The number of hydrogen-bond donors (Lipinski definition) is 3. The molecular formula is C74H144O17P2. The summed E-state index contributed by atoms with van der Waals surface area (Å²) in [7, 11) is -9.91. The van der Waals surface area contributed by atoms with E-state index in [1.807, 2.05) is 0 Å². The van der Waals surface area contributed by atoms with Gasteiger partial charge in [0, 0.05) is 25.7 Å². The average Bonchev–Trinajstić information content (AvgIpc) is 2.02. The second kappa shape index (κ2) is 63.5. The van der Waals surface area contributed by atoms with Crippen molar-refractivity contribution in [1.82, 2.24) is 0 Å². The molecule has 0 aromatic carbocycles. The number of phosphoric acid groups is 2. The first kappa shape index (κ1) is 91.1. The number of esters is 4. The van der Waals surface area contributed by atoms with Gasteiger partial charge in [-0.15, -0.1) is 0 Å². The van der Waals surface area contributed by atoms with Crippen LogP contribution in [0.3, 0.4) is 0 Å². The average molecular weight is 1370 g/mol. The van der Waals surface area contributed by atoms with Gasteiger partial charge in [0.1, 0.15) is 19.3 Å². The molecule has 0 fully saturated rings. The van der Waals surface area contributed by atoms with Crippen LogP contribution in [-0.4, -0.2) is 96.7 Å². The minimum absolute atomic E-state index is 0.105. The van der Waals surface area contributed by atoms with Crippen LogP contribution in [0.4, 0.5) is 0 Å². The molecule has 6 atom stereocenters. The van der Waals surface area contributed by atoms with Crippen molar-refractivity contribution < 1.29 is 80.2 Å². The zero-order valence-electron chi connectivity index (χ0n) is 60.9. The van der Waals surface area contributed by atoms with Gasteiger partial charge in [-0.25, -0.2) is 9.13 Å². The van der Waals surface area contributed by atoms with Crippen LogP contribution in [0.25, 0.3) is 0 Å². The predicted octanol–water partition coefficient (Wildman–Crippen LogP) is 21.3. The van der Waals surface area contributed by atoms with Crippen LogP contribution in [0.2, 0.25) is 0 Å². The highest BCUT2D eigenvalue weighted by molar-refractivity contribution is 7.47. The second-order valence-corrected chi connectivity index (χ2v) is 31.3. The van der Waals surface area contributed by atoms with Crippen LogP contribution in [0.15, 0.2) is 0 Å². The lowest BCUT2D eigenvalue weighted by atomic mass is 9.99. The van der Waals surface area contributed by atoms with Crippen LogP contribution >= 0.6 is 15.6 Å². The van der Waals surface area contributed by atoms with Crippen molar-refractivity contribution >= 4 is 39.5 Å². The van der Waals surface area contributed by atoms with Crippen LogP contribution in [-0.2, 0) is 65.4 Å². The Hall–Kier alpha value is -1.94. The van der Waals surface area contributed by atoms with Gasteiger partial charge in [-0.05, 0) is 49.4 Å². The number of rotatable bonds is 71. The molecule has 0 radical (unpaired) electrons. The molecule has 0 aromatic heterocycles. The minimum atomic E-state index is -4.96. The standard InChI is InChI=1S/C74H144O17P2/c1-9-67(8)53-45-37-28-22-16-12-10-11-13-17-23-29-38-46-54-71(76)84-60-69(90-74(79)57-49-41-31-25-19-21-27-35-43-51-65(4)5)62-88-92(80,81)86-58-68(75)59-87-93(82,83)89-63-70(61-85-72(77)55-47-39-33-32-36-44-52-66(6)7)91-73(78)56-48-40-30-24-18-14-15-20-26-34-42-50-64(2)3/h64-70,75H,9-63H2,1-8H3,(H,80,81)(H,82,83)/t67?,68-,69-,70-/m1/s1. The van der Waals surface area contributed by atoms with E-state index in [1.54, 1.807) is 0 Å². The number of aliphatic hydroxyl groups is 1. The van der Waals surface area contributed by atoms with Crippen LogP contribution in [0.5, 0.6) is 0 Å². The second-order valence-electron chi connectivity index (χ2n) is 28.4. The molecule has 552 valence electrons. The first-order chi connectivity index (χ1) is 44.6. The number of carbonyl (C=O) groups excluding carboxylic acids is 4. The van der Waals surface area contributed by atoms with Gasteiger partial charge in [0.05, 0.1) is 26.4 Å². The van der Waals surface area contributed by atoms with E-state index in [4.69, 9.17) is 37.0 Å². The lowest BCUT2D eigenvalue weighted by Gasteiger charge is -2.21. The number of unbranched alkanes of at least 4 members (excludes halogenated alkanes) is 36. The molecule has 0 aliphatic carbocycles. The molecule has 0 rings (SSSR count). The van der Waals surface area contributed by atoms with Crippen molar-refractivity contribution in [3.63, 3.8) is 0 Å². The van der Waals surface area contributed by atoms with E-state index in [-0.39, 0.29) is 25.7 Å². The summed E-state index contributed by atoms with van der Waals surface area (Å²) in [5.74, 6) is 0.905. The summed E-state index contributed by atoms with van der Waals surface area (Å²) in [6.07, 6.45) is 47.3. The minimum Gasteiger partial charge on any atom is -0.462 e. The summed E-state index contributed by atoms with van der Waals surface area (Å²) in [4.78, 5) is 72.7. The molecule has 0 aromatic rings. The van der Waals surface area contributed by atoms with E-state index < -0.39 is 97.5 Å². The van der Waals surface area contributed by atoms with Crippen molar-refractivity contribution in [3.05, 3.63) is 0 Å². The molecule has 0 saturated carbocycles. The Morgan fingerprint density at radius 1 is 0.301 bits per heavy atom. The zero-order chi connectivity index (χ0) is 68.9. The highest BCUT2D eigenvalue weighted by Crippen LogP contribution is 2.45. The van der Waals surface area contributed by atoms with Crippen molar-refractivity contribution in [2.45, 2.75) is 388 Å². The summed E-state index contributed by atoms with van der Waals surface area (Å²) in [5.41, 5.74) is 0. The van der Waals surface area contributed by atoms with E-state index in [9.17, 15) is 43.2 Å². The molecule has 93 heavy (non-hydrogen) atoms. The first-order valence-electron chi connectivity index (χ1n) is 38.2. The Morgan fingerprint density at radius 2 is 0.516 bits per heavy atom. The summed E-state index contributed by atoms with van der Waals surface area (Å²) in [5, 5.41) is 10.6. The molecule has 0 aliphatic heterocycles. The molecular weight excluding hydrogens is 1220 g/mol. The highest BCUT2D eigenvalue weighted by atomic mass is 31.2. The molecule has 17 nitrogen and oxygen atoms in total. The maximum Gasteiger partial charge on any atom is 0.472 e. The Balaban J connectivity index is 5.21. The molecule has 3 unspecified atom stereocenters. The van der Waals surface area contributed by atoms with Crippen LogP contribution in [0.1, 0.15) is 370 Å². The molecule has 0 aliphatic rings. The SMILES string of the molecule is CCC(C)CCCCCCCCCCCCCCCCC(=O)OC[C@H](COP(=O)(O)OC[C@@H](O)COP(=O)(O)OC[C@@H](COC(=O)CCCCCCCCC(C)C)OC(=O)CCCCCCCCCCCCCC(C)C)OC(=O)CCCCCCCCCCCC(C)C. The van der Waals surface area contributed by atoms with E-state index >= 15 is 0 Å². The number of ether oxygens (including phenoxy) is 4. The topological polar surface area (TPSA) is 237 Å². The normalized spacial score (nSPS) is 14.5. The monoisotopic (exact) mass is 1370 g/mol. The van der Waals surface area contributed by atoms with Gasteiger partial charge in [-0.3, -0.25) is 37.3 Å². The van der Waals surface area contributed by atoms with Gasteiger partial charge in [-0.2, -0.15) is 0 Å². The molecule has 0 amide bonds. The maximum atomic E-state index is 13.1. The van der Waals surface area contributed by atoms with Gasteiger partial charge in [0.25, 0.3) is 0 Å². The fraction of sp³-hybridized carbons (Fsp3) is 0.946. The number of hydrogen-bond acceptors (Lipinski definition) is 15. The zero-order valence-corrected chi connectivity index (χ0v) is 62.7. The summed E-state index contributed by atoms with van der Waals surface area (Å²) >= 11 is 0. The molecule has 0 spiro atoms. The van der Waals surface area contributed by atoms with Crippen LogP contribution < -0.4 is 0 Å². The number of carbonyl (C=O) groups is 4. The Labute approximate surface area is 568 Å². The van der Waals surface area contributed by atoms with Crippen molar-refractivity contribution in [1.29, 1.82) is 0 Å². The Bertz CT molecular complexity index is 1840. The third-order valence-corrected chi connectivity index (χ3v) is 19.3. The Morgan fingerprint density at radius 3 is 0.763 bits per heavy atom. The summed E-state index contributed by atoms with van der Waals surface area (Å²) < 4.78 is 68.4. The summed E-state index contributed by atoms with van der Waals surface area (Å²) in [6.45, 7) is 14.1. The molecule has 0 heterocycles. The van der Waals surface area contributed by atoms with Gasteiger partial charge >= 0.3 is 39.5 Å². The smallest absolute Gasteiger partial charge is 0.462 e. The maximum absolute atomic E-state index is 13.1. The first-order valence-corrected chi connectivity index (χ1v) is 41.2. The van der Waals surface area contributed by atoms with Gasteiger partial charge in [0.15, 0.2) is 12.2 Å². The van der Waals surface area contributed by atoms with Crippen molar-refractivity contribution in [3.8, 4) is 0 Å². The fourth-order valence-corrected chi connectivity index (χ4v) is 12.7. The molecule has 0 saturated heterocycles. The van der Waals surface area contributed by atoms with Crippen LogP contribution in [0, 0.1) is 23.7 Å². The lowest BCUT2D eigenvalue weighted by molar-refractivity contribution is -0.161. The Kier molecular flexibility index (Phi) is 62.2. The molecule has 3 N–H and O–H groups in total. The van der Waals surface area contributed by atoms with E-state index in [0.29, 0.717) is 31.6 Å². The van der Waals surface area contributed by atoms with E-state index in [0.717, 1.165) is 114 Å². The van der Waals surface area contributed by atoms with E-state index in [1.165, 1.54) is 167 Å². The number of phosphoric ester groups is 2. The quantitative estimate of drug-likeness (QED) is 0.0222. The van der Waals surface area contributed by atoms with Gasteiger partial charge < -0.3 is 33.8 Å². The number of aliphatic hydroxyl groups excluding tert-OH is 1. The van der Waals surface area contributed by atoms with Gasteiger partial charge in [-0.1, -0.05) is 319 Å². The largest absolute Gasteiger partial charge is 0.472 e. The molecule has 0 bridgehead atoms. The summed E-state index contributed by atoms with van der Waals surface area (Å²) in [6, 6.07) is 0. The van der Waals surface area contributed by atoms with Crippen molar-refractivity contribution in [2.75, 3.05) is 39.6 Å². The van der Waals surface area contributed by atoms with E-state index in [2.05, 4.69) is 55.4 Å². The third-order valence-electron chi connectivity index (χ3n) is 17.4. The predicted molar refractivity (Wildman–Crippen MR) is 377 cm³/mol.